The van der Waals surface area contributed by atoms with Gasteiger partial charge in [0.25, 0.3) is 0 Å². The number of nitrogens with one attached hydrogen (secondary N) is 1. The van der Waals surface area contributed by atoms with E-state index in [1.54, 1.807) is 11.1 Å². The first-order chi connectivity index (χ1) is 11.7. The predicted molar refractivity (Wildman–Crippen MR) is 94.0 cm³/mol. The van der Waals surface area contributed by atoms with Gasteiger partial charge in [0.1, 0.15) is 11.7 Å². The summed E-state index contributed by atoms with van der Waals surface area (Å²) in [5.74, 6) is 1.72. The molecule has 4 rings (SSSR count). The van der Waals surface area contributed by atoms with Crippen LogP contribution in [0.2, 0.25) is 0 Å². The summed E-state index contributed by atoms with van der Waals surface area (Å²) in [6, 6.07) is 4.18. The maximum atomic E-state index is 12.8. The van der Waals surface area contributed by atoms with Crippen molar-refractivity contribution in [2.75, 3.05) is 16.8 Å². The number of likely N-dealkylation sites (N-methyl/N-ethyl adjacent to an activating group) is 1. The van der Waals surface area contributed by atoms with Gasteiger partial charge in [-0.1, -0.05) is 19.8 Å². The van der Waals surface area contributed by atoms with Gasteiger partial charge in [-0.3, -0.25) is 4.79 Å². The highest BCUT2D eigenvalue weighted by Crippen LogP contribution is 2.39. The maximum absolute atomic E-state index is 12.8. The van der Waals surface area contributed by atoms with Crippen LogP contribution in [0.3, 0.4) is 0 Å². The second-order valence-electron chi connectivity index (χ2n) is 6.65. The van der Waals surface area contributed by atoms with Crippen molar-refractivity contribution >= 4 is 17.4 Å². The van der Waals surface area contributed by atoms with Crippen molar-refractivity contribution in [3.05, 3.63) is 24.5 Å². The highest BCUT2D eigenvalue weighted by atomic mass is 16.2. The van der Waals surface area contributed by atoms with Gasteiger partial charge in [0, 0.05) is 19.3 Å². The molecule has 2 aromatic rings. The van der Waals surface area contributed by atoms with Gasteiger partial charge in [-0.25, -0.2) is 9.97 Å². The van der Waals surface area contributed by atoms with E-state index in [-0.39, 0.29) is 11.9 Å². The molecule has 3 heterocycles. The highest BCUT2D eigenvalue weighted by Gasteiger charge is 2.41. The Balaban J connectivity index is 1.84. The van der Waals surface area contributed by atoms with Crippen LogP contribution in [0.4, 0.5) is 11.5 Å². The van der Waals surface area contributed by atoms with E-state index in [9.17, 15) is 4.79 Å². The Morgan fingerprint density at radius 3 is 2.79 bits per heavy atom. The summed E-state index contributed by atoms with van der Waals surface area (Å²) >= 11 is 0. The third kappa shape index (κ3) is 2.28. The normalized spacial score (nSPS) is 21.4. The van der Waals surface area contributed by atoms with Crippen molar-refractivity contribution in [1.82, 2.24) is 15.0 Å². The van der Waals surface area contributed by atoms with Crippen molar-refractivity contribution in [3.63, 3.8) is 0 Å². The van der Waals surface area contributed by atoms with E-state index in [1.165, 1.54) is 12.8 Å². The van der Waals surface area contributed by atoms with E-state index in [0.717, 1.165) is 36.5 Å². The topological polar surface area (TPSA) is 65.1 Å². The zero-order chi connectivity index (χ0) is 16.7. The number of rotatable bonds is 3. The van der Waals surface area contributed by atoms with Gasteiger partial charge in [0.05, 0.1) is 11.9 Å². The van der Waals surface area contributed by atoms with Gasteiger partial charge in [0.15, 0.2) is 11.6 Å². The van der Waals surface area contributed by atoms with Crippen molar-refractivity contribution < 1.29 is 4.79 Å². The van der Waals surface area contributed by atoms with Gasteiger partial charge in [-0.2, -0.15) is 0 Å². The van der Waals surface area contributed by atoms with Crippen LogP contribution in [0.5, 0.6) is 0 Å². The molecule has 2 aromatic heterocycles. The smallest absolute Gasteiger partial charge is 0.249 e. The molecule has 1 aliphatic carbocycles. The van der Waals surface area contributed by atoms with Gasteiger partial charge >= 0.3 is 0 Å². The van der Waals surface area contributed by atoms with Crippen molar-refractivity contribution in [2.24, 2.45) is 0 Å². The van der Waals surface area contributed by atoms with Crippen molar-refractivity contribution in [3.8, 4) is 11.5 Å². The lowest BCUT2D eigenvalue weighted by molar-refractivity contribution is -0.120. The molecule has 6 heteroatoms. The summed E-state index contributed by atoms with van der Waals surface area (Å²) in [7, 11) is 1.83. The van der Waals surface area contributed by atoms with Crippen LogP contribution >= 0.6 is 0 Å². The summed E-state index contributed by atoms with van der Waals surface area (Å²) in [6.45, 7) is 2.08. The molecule has 0 aromatic carbocycles. The van der Waals surface area contributed by atoms with E-state index >= 15 is 0 Å². The lowest BCUT2D eigenvalue weighted by atomic mass is 10.0. The Bertz CT molecular complexity index is 736. The molecule has 1 aliphatic heterocycles. The van der Waals surface area contributed by atoms with Crippen LogP contribution in [0.25, 0.3) is 11.5 Å². The molecule has 1 saturated carbocycles. The standard InChI is InChI=1S/C18H23N5O/c1-3-14-18(24)22(2)15-11-20-16(13-9-6-10-19-13)21-17(15)23(14)12-7-4-5-8-12/h6,9-12,14,19H,3-5,7-8H2,1-2H3. The second kappa shape index (κ2) is 5.92. The molecule has 1 unspecified atom stereocenters. The van der Waals surface area contributed by atoms with Crippen LogP contribution in [-0.4, -0.2) is 40.0 Å². The molecule has 2 aliphatic rings. The summed E-state index contributed by atoms with van der Waals surface area (Å²) < 4.78 is 0. The minimum atomic E-state index is -0.128. The molecule has 0 bridgehead atoms. The molecule has 1 atom stereocenters. The van der Waals surface area contributed by atoms with Gasteiger partial charge in [0.2, 0.25) is 5.91 Å². The largest absolute Gasteiger partial charge is 0.359 e. The molecule has 0 radical (unpaired) electrons. The molecule has 126 valence electrons. The number of hydrogen-bond donors (Lipinski definition) is 1. The SMILES string of the molecule is CCC1C(=O)N(C)c2cnc(-c3ccc[nH]3)nc2N1C1CCCC1. The van der Waals surface area contributed by atoms with E-state index in [2.05, 4.69) is 21.8 Å². The van der Waals surface area contributed by atoms with Crippen LogP contribution < -0.4 is 9.80 Å². The number of carbonyl (C=O) groups is 1. The third-order valence-electron chi connectivity index (χ3n) is 5.25. The molecule has 0 spiro atoms. The van der Waals surface area contributed by atoms with Crippen molar-refractivity contribution in [2.45, 2.75) is 51.1 Å². The first-order valence-electron chi connectivity index (χ1n) is 8.77. The number of carbonyl (C=O) groups excluding carboxylic acids is 1. The zero-order valence-electron chi connectivity index (χ0n) is 14.2. The van der Waals surface area contributed by atoms with Crippen LogP contribution in [-0.2, 0) is 4.79 Å². The van der Waals surface area contributed by atoms with E-state index in [4.69, 9.17) is 4.98 Å². The fraction of sp³-hybridized carbons (Fsp3) is 0.500. The number of aromatic nitrogens is 3. The van der Waals surface area contributed by atoms with Crippen LogP contribution in [0, 0.1) is 0 Å². The summed E-state index contributed by atoms with van der Waals surface area (Å²) in [5.41, 5.74) is 1.71. The first-order valence-corrected chi connectivity index (χ1v) is 8.77. The Morgan fingerprint density at radius 1 is 1.33 bits per heavy atom. The third-order valence-corrected chi connectivity index (χ3v) is 5.25. The Hall–Kier alpha value is -2.37. The lowest BCUT2D eigenvalue weighted by Crippen LogP contribution is -2.55. The molecule has 1 N–H and O–H groups in total. The van der Waals surface area contributed by atoms with E-state index in [0.29, 0.717) is 11.9 Å². The fourth-order valence-corrected chi connectivity index (χ4v) is 3.98. The molecule has 0 saturated heterocycles. The first kappa shape index (κ1) is 15.2. The van der Waals surface area contributed by atoms with Gasteiger partial charge < -0.3 is 14.8 Å². The molecular formula is C18H23N5O. The minimum absolute atomic E-state index is 0.128. The number of aromatic amines is 1. The lowest BCUT2D eigenvalue weighted by Gasteiger charge is -2.43. The Kier molecular flexibility index (Phi) is 3.75. The minimum Gasteiger partial charge on any atom is -0.359 e. The average Bonchev–Trinajstić information content (AvgIpc) is 3.30. The van der Waals surface area contributed by atoms with E-state index in [1.807, 2.05) is 25.4 Å². The summed E-state index contributed by atoms with van der Waals surface area (Å²) in [6.07, 6.45) is 9.17. The van der Waals surface area contributed by atoms with Crippen LogP contribution in [0.15, 0.2) is 24.5 Å². The number of amides is 1. The number of nitrogens with zero attached hydrogens (tertiary/aromatic N) is 4. The Morgan fingerprint density at radius 2 is 2.12 bits per heavy atom. The zero-order valence-corrected chi connectivity index (χ0v) is 14.2. The summed E-state index contributed by atoms with van der Waals surface area (Å²) in [4.78, 5) is 29.3. The average molecular weight is 325 g/mol. The van der Waals surface area contributed by atoms with Gasteiger partial charge in [-0.15, -0.1) is 0 Å². The predicted octanol–water partition coefficient (Wildman–Crippen LogP) is 2.98. The number of fused-ring (bicyclic) bond motifs is 1. The highest BCUT2D eigenvalue weighted by molar-refractivity contribution is 6.04. The Labute approximate surface area is 141 Å². The number of hydrogen-bond acceptors (Lipinski definition) is 4. The molecule has 1 amide bonds. The number of anilines is 2. The van der Waals surface area contributed by atoms with E-state index < -0.39 is 0 Å². The molecule has 6 nitrogen and oxygen atoms in total. The quantitative estimate of drug-likeness (QED) is 0.942. The molecule has 24 heavy (non-hydrogen) atoms. The maximum Gasteiger partial charge on any atom is 0.249 e. The fourth-order valence-electron chi connectivity index (χ4n) is 3.98. The van der Waals surface area contributed by atoms with Crippen LogP contribution in [0.1, 0.15) is 39.0 Å². The number of H-pyrrole nitrogens is 1. The van der Waals surface area contributed by atoms with Crippen molar-refractivity contribution in [1.29, 1.82) is 0 Å². The molecule has 1 fully saturated rings. The second-order valence-corrected chi connectivity index (χ2v) is 6.65. The summed E-state index contributed by atoms with van der Waals surface area (Å²) in [5, 5.41) is 0. The van der Waals surface area contributed by atoms with Gasteiger partial charge in [-0.05, 0) is 31.4 Å². The monoisotopic (exact) mass is 325 g/mol. The molecular weight excluding hydrogens is 302 g/mol.